The van der Waals surface area contributed by atoms with E-state index in [0.717, 1.165) is 25.3 Å². The summed E-state index contributed by atoms with van der Waals surface area (Å²) >= 11 is 0. The normalized spacial score (nSPS) is 23.5. The van der Waals surface area contributed by atoms with Gasteiger partial charge >= 0.3 is 6.18 Å². The monoisotopic (exact) mass is 286 g/mol. The maximum atomic E-state index is 13.0. The van der Waals surface area contributed by atoms with Crippen molar-refractivity contribution in [2.75, 3.05) is 13.6 Å². The topological polar surface area (TPSA) is 29.3 Å². The molecule has 2 atom stereocenters. The van der Waals surface area contributed by atoms with Gasteiger partial charge in [-0.05, 0) is 44.0 Å². The molecule has 1 aromatic carbocycles. The molecule has 2 nitrogen and oxygen atoms in total. The molecule has 2 rings (SSSR count). The van der Waals surface area contributed by atoms with Crippen LogP contribution in [0.4, 0.5) is 13.2 Å². The van der Waals surface area contributed by atoms with Crippen LogP contribution in [-0.4, -0.2) is 24.5 Å². The molecular formula is C15H21F3N2. The van der Waals surface area contributed by atoms with Crippen LogP contribution < -0.4 is 5.73 Å². The molecule has 0 aliphatic heterocycles. The second-order valence-electron chi connectivity index (χ2n) is 5.56. The Balaban J connectivity index is 2.14. The lowest BCUT2D eigenvalue weighted by Crippen LogP contribution is -2.37. The lowest BCUT2D eigenvalue weighted by Gasteiger charge is -2.30. The smallest absolute Gasteiger partial charge is 0.330 e. The predicted octanol–water partition coefficient (Wildman–Crippen LogP) is 3.26. The first-order valence-corrected chi connectivity index (χ1v) is 6.99. The number of hydrogen-bond donors (Lipinski definition) is 1. The van der Waals surface area contributed by atoms with Gasteiger partial charge in [-0.15, -0.1) is 0 Å². The third kappa shape index (κ3) is 3.33. The van der Waals surface area contributed by atoms with Gasteiger partial charge in [-0.1, -0.05) is 24.6 Å². The number of halogens is 3. The second kappa shape index (κ2) is 6.14. The SMILES string of the molecule is CN(Cc1ccccc1C(F)(F)F)C1CCCC1CN. The first kappa shape index (κ1) is 15.3. The molecule has 0 amide bonds. The highest BCUT2D eigenvalue weighted by atomic mass is 19.4. The van der Waals surface area contributed by atoms with Crippen molar-refractivity contribution < 1.29 is 13.2 Å². The molecule has 1 fully saturated rings. The van der Waals surface area contributed by atoms with Crippen molar-refractivity contribution in [2.45, 2.75) is 38.0 Å². The molecule has 0 bridgehead atoms. The third-order valence-corrected chi connectivity index (χ3v) is 4.23. The van der Waals surface area contributed by atoms with E-state index in [1.165, 1.54) is 6.07 Å². The van der Waals surface area contributed by atoms with Crippen LogP contribution in [0, 0.1) is 5.92 Å². The molecule has 0 aromatic heterocycles. The molecule has 2 N–H and O–H groups in total. The summed E-state index contributed by atoms with van der Waals surface area (Å²) in [5.74, 6) is 0.401. The summed E-state index contributed by atoms with van der Waals surface area (Å²) in [4.78, 5) is 2.02. The molecule has 0 spiro atoms. The number of alkyl halides is 3. The van der Waals surface area contributed by atoms with E-state index >= 15 is 0 Å². The number of nitrogens with zero attached hydrogens (tertiary/aromatic N) is 1. The van der Waals surface area contributed by atoms with E-state index in [4.69, 9.17) is 5.73 Å². The van der Waals surface area contributed by atoms with Crippen LogP contribution in [0.1, 0.15) is 30.4 Å². The quantitative estimate of drug-likeness (QED) is 0.920. The Hall–Kier alpha value is -1.07. The van der Waals surface area contributed by atoms with E-state index in [-0.39, 0.29) is 0 Å². The van der Waals surface area contributed by atoms with Gasteiger partial charge in [0.15, 0.2) is 0 Å². The Morgan fingerprint density at radius 1 is 1.25 bits per heavy atom. The van der Waals surface area contributed by atoms with Crippen molar-refractivity contribution in [3.63, 3.8) is 0 Å². The van der Waals surface area contributed by atoms with Gasteiger partial charge in [0, 0.05) is 12.6 Å². The fraction of sp³-hybridized carbons (Fsp3) is 0.600. The van der Waals surface area contributed by atoms with Crippen LogP contribution in [0.25, 0.3) is 0 Å². The summed E-state index contributed by atoms with van der Waals surface area (Å²) in [6, 6.07) is 6.10. The molecule has 0 radical (unpaired) electrons. The largest absolute Gasteiger partial charge is 0.416 e. The average molecular weight is 286 g/mol. The van der Waals surface area contributed by atoms with Gasteiger partial charge in [0.2, 0.25) is 0 Å². The van der Waals surface area contributed by atoms with Crippen LogP contribution in [0.5, 0.6) is 0 Å². The molecule has 1 saturated carbocycles. The highest BCUT2D eigenvalue weighted by Crippen LogP contribution is 2.34. The first-order chi connectivity index (χ1) is 9.43. The lowest BCUT2D eigenvalue weighted by molar-refractivity contribution is -0.138. The highest BCUT2D eigenvalue weighted by molar-refractivity contribution is 5.29. The lowest BCUT2D eigenvalue weighted by atomic mass is 10.0. The van der Waals surface area contributed by atoms with Gasteiger partial charge in [0.05, 0.1) is 5.56 Å². The van der Waals surface area contributed by atoms with Gasteiger partial charge in [-0.25, -0.2) is 0 Å². The van der Waals surface area contributed by atoms with E-state index in [9.17, 15) is 13.2 Å². The molecule has 1 aliphatic rings. The molecule has 0 heterocycles. The number of hydrogen-bond acceptors (Lipinski definition) is 2. The highest BCUT2D eigenvalue weighted by Gasteiger charge is 2.34. The van der Waals surface area contributed by atoms with E-state index in [1.54, 1.807) is 12.1 Å². The number of rotatable bonds is 4. The van der Waals surface area contributed by atoms with Crippen molar-refractivity contribution in [1.29, 1.82) is 0 Å². The zero-order valence-corrected chi connectivity index (χ0v) is 11.7. The van der Waals surface area contributed by atoms with Crippen LogP contribution in [-0.2, 0) is 12.7 Å². The van der Waals surface area contributed by atoms with Crippen molar-refractivity contribution >= 4 is 0 Å². The van der Waals surface area contributed by atoms with Crippen LogP contribution in [0.3, 0.4) is 0 Å². The second-order valence-corrected chi connectivity index (χ2v) is 5.56. The van der Waals surface area contributed by atoms with Crippen molar-refractivity contribution in [1.82, 2.24) is 4.90 Å². The van der Waals surface area contributed by atoms with Crippen molar-refractivity contribution in [3.05, 3.63) is 35.4 Å². The Labute approximate surface area is 117 Å². The predicted molar refractivity (Wildman–Crippen MR) is 73.1 cm³/mol. The maximum absolute atomic E-state index is 13.0. The Kier molecular flexibility index (Phi) is 4.70. The van der Waals surface area contributed by atoms with E-state index < -0.39 is 11.7 Å². The van der Waals surface area contributed by atoms with Crippen molar-refractivity contribution in [2.24, 2.45) is 11.7 Å². The van der Waals surface area contributed by atoms with E-state index in [2.05, 4.69) is 0 Å². The Morgan fingerprint density at radius 2 is 1.95 bits per heavy atom. The van der Waals surface area contributed by atoms with Gasteiger partial charge in [-0.2, -0.15) is 13.2 Å². The standard InChI is InChI=1S/C15H21F3N2/c1-20(14-8-4-6-11(14)9-19)10-12-5-2-3-7-13(12)15(16,17)18/h2-3,5,7,11,14H,4,6,8-10,19H2,1H3. The fourth-order valence-corrected chi connectivity index (χ4v) is 3.19. The first-order valence-electron chi connectivity index (χ1n) is 6.99. The number of nitrogens with two attached hydrogens (primary N) is 1. The molecule has 1 aromatic rings. The number of benzene rings is 1. The summed E-state index contributed by atoms with van der Waals surface area (Å²) < 4.78 is 38.9. The summed E-state index contributed by atoms with van der Waals surface area (Å²) in [7, 11) is 1.89. The van der Waals surface area contributed by atoms with Crippen molar-refractivity contribution in [3.8, 4) is 0 Å². The molecule has 2 unspecified atom stereocenters. The minimum atomic E-state index is -4.29. The summed E-state index contributed by atoms with van der Waals surface area (Å²) in [5, 5.41) is 0. The third-order valence-electron chi connectivity index (χ3n) is 4.23. The average Bonchev–Trinajstić information content (AvgIpc) is 2.86. The van der Waals surface area contributed by atoms with Gasteiger partial charge in [0.1, 0.15) is 0 Å². The van der Waals surface area contributed by atoms with Crippen LogP contribution in [0.2, 0.25) is 0 Å². The summed E-state index contributed by atoms with van der Waals surface area (Å²) in [6.07, 6.45) is -1.09. The molecule has 20 heavy (non-hydrogen) atoms. The fourth-order valence-electron chi connectivity index (χ4n) is 3.19. The molecule has 0 saturated heterocycles. The van der Waals surface area contributed by atoms with Crippen LogP contribution >= 0.6 is 0 Å². The maximum Gasteiger partial charge on any atom is 0.416 e. The molecular weight excluding hydrogens is 265 g/mol. The van der Waals surface area contributed by atoms with Crippen LogP contribution in [0.15, 0.2) is 24.3 Å². The Bertz CT molecular complexity index is 445. The summed E-state index contributed by atoms with van der Waals surface area (Å²) in [5.41, 5.74) is 5.55. The van der Waals surface area contributed by atoms with Gasteiger partial charge in [0.25, 0.3) is 0 Å². The van der Waals surface area contributed by atoms with E-state index in [1.807, 2.05) is 11.9 Å². The molecule has 1 aliphatic carbocycles. The summed E-state index contributed by atoms with van der Waals surface area (Å²) in [6.45, 7) is 0.923. The van der Waals surface area contributed by atoms with Gasteiger partial charge in [-0.3, -0.25) is 4.90 Å². The van der Waals surface area contributed by atoms with E-state index in [0.29, 0.717) is 30.6 Å². The molecule has 112 valence electrons. The zero-order valence-electron chi connectivity index (χ0n) is 11.7. The molecule has 5 heteroatoms. The Morgan fingerprint density at radius 3 is 2.60 bits per heavy atom. The minimum absolute atomic E-state index is 0.293. The zero-order chi connectivity index (χ0) is 14.8. The minimum Gasteiger partial charge on any atom is -0.330 e. The van der Waals surface area contributed by atoms with Gasteiger partial charge < -0.3 is 5.73 Å².